The van der Waals surface area contributed by atoms with Crippen molar-refractivity contribution in [2.45, 2.75) is 0 Å². The Bertz CT molecular complexity index is 1070. The van der Waals surface area contributed by atoms with E-state index >= 15 is 0 Å². The number of esters is 1. The smallest absolute Gasteiger partial charge is 0.338 e. The zero-order valence-electron chi connectivity index (χ0n) is 12.7. The van der Waals surface area contributed by atoms with Gasteiger partial charge in [-0.3, -0.25) is 4.79 Å². The van der Waals surface area contributed by atoms with Crippen molar-refractivity contribution in [2.24, 2.45) is 5.10 Å². The number of hydrogen-bond acceptors (Lipinski definition) is 5. The van der Waals surface area contributed by atoms with E-state index in [2.05, 4.69) is 10.1 Å². The first-order valence-electron chi connectivity index (χ1n) is 7.07. The summed E-state index contributed by atoms with van der Waals surface area (Å²) in [6.45, 7) is 0. The van der Waals surface area contributed by atoms with Gasteiger partial charge in [0.1, 0.15) is 0 Å². The second-order valence-corrected chi connectivity index (χ2v) is 5.30. The van der Waals surface area contributed by atoms with Crippen LogP contribution in [0.3, 0.4) is 0 Å². The molecule has 0 radical (unpaired) electrons. The Morgan fingerprint density at radius 1 is 1.21 bits per heavy atom. The van der Waals surface area contributed by atoms with Crippen LogP contribution in [0.15, 0.2) is 58.4 Å². The van der Waals surface area contributed by atoms with Gasteiger partial charge in [0.2, 0.25) is 4.77 Å². The largest absolute Gasteiger partial charge is 0.465 e. The molecule has 0 saturated carbocycles. The second kappa shape index (κ2) is 6.59. The Hall–Kier alpha value is -3.06. The van der Waals surface area contributed by atoms with Gasteiger partial charge in [0.25, 0.3) is 5.56 Å². The Labute approximate surface area is 142 Å². The molecule has 0 aliphatic rings. The van der Waals surface area contributed by atoms with E-state index < -0.39 is 5.97 Å². The van der Waals surface area contributed by atoms with Gasteiger partial charge in [-0.05, 0) is 30.4 Å². The lowest BCUT2D eigenvalue weighted by Crippen LogP contribution is -2.19. The SMILES string of the molecule is COC(=O)c1ccccc1/C=N\n1c(=S)[nH]c2ccccc2c1=O. The third-order valence-corrected chi connectivity index (χ3v) is 3.74. The summed E-state index contributed by atoms with van der Waals surface area (Å²) in [7, 11) is 1.31. The van der Waals surface area contributed by atoms with Gasteiger partial charge in [-0.1, -0.05) is 30.3 Å². The topological polar surface area (TPSA) is 76.4 Å². The molecular weight excluding hydrogens is 326 g/mol. The molecule has 0 bridgehead atoms. The van der Waals surface area contributed by atoms with Crippen LogP contribution < -0.4 is 5.56 Å². The highest BCUT2D eigenvalue weighted by molar-refractivity contribution is 7.71. The van der Waals surface area contributed by atoms with E-state index in [1.807, 2.05) is 6.07 Å². The lowest BCUT2D eigenvalue weighted by molar-refractivity contribution is 0.0600. The molecule has 1 aromatic heterocycles. The maximum atomic E-state index is 12.5. The number of methoxy groups -OCH3 is 1. The molecule has 24 heavy (non-hydrogen) atoms. The molecule has 2 aromatic carbocycles. The van der Waals surface area contributed by atoms with Crippen molar-refractivity contribution in [3.63, 3.8) is 0 Å². The molecule has 0 fully saturated rings. The van der Waals surface area contributed by atoms with Crippen LogP contribution in [0.4, 0.5) is 0 Å². The van der Waals surface area contributed by atoms with Crippen molar-refractivity contribution in [3.05, 3.63) is 74.8 Å². The summed E-state index contributed by atoms with van der Waals surface area (Å²) in [5.41, 5.74) is 1.20. The molecule has 1 heterocycles. The van der Waals surface area contributed by atoms with Gasteiger partial charge in [0, 0.05) is 5.56 Å². The number of aromatic amines is 1. The number of carbonyl (C=O) groups excluding carboxylic acids is 1. The molecule has 0 amide bonds. The number of aromatic nitrogens is 2. The average Bonchev–Trinajstić information content (AvgIpc) is 2.61. The molecule has 0 saturated heterocycles. The van der Waals surface area contributed by atoms with Gasteiger partial charge in [-0.15, -0.1) is 0 Å². The van der Waals surface area contributed by atoms with Crippen LogP contribution in [0.2, 0.25) is 0 Å². The van der Waals surface area contributed by atoms with Crippen molar-refractivity contribution in [3.8, 4) is 0 Å². The molecule has 0 spiro atoms. The predicted octanol–water partition coefficient (Wildman–Crippen LogP) is 2.73. The number of carbonyl (C=O) groups is 1. The van der Waals surface area contributed by atoms with E-state index in [9.17, 15) is 9.59 Å². The summed E-state index contributed by atoms with van der Waals surface area (Å²) in [5.74, 6) is -0.479. The molecule has 0 unspecified atom stereocenters. The number of H-pyrrole nitrogens is 1. The standard InChI is InChI=1S/C17H13N3O3S/c1-23-16(22)12-7-3-2-6-11(12)10-18-20-15(21)13-8-4-5-9-14(13)19-17(20)24/h2-10H,1H3,(H,19,24)/b18-10-. The van der Waals surface area contributed by atoms with Gasteiger partial charge >= 0.3 is 5.97 Å². The molecule has 0 atom stereocenters. The van der Waals surface area contributed by atoms with Gasteiger partial charge in [0.15, 0.2) is 0 Å². The number of rotatable bonds is 3. The number of nitrogens with zero attached hydrogens (tertiary/aromatic N) is 2. The van der Waals surface area contributed by atoms with Crippen LogP contribution in [0.5, 0.6) is 0 Å². The minimum absolute atomic E-state index is 0.172. The second-order valence-electron chi connectivity index (χ2n) is 4.92. The highest BCUT2D eigenvalue weighted by Gasteiger charge is 2.09. The summed E-state index contributed by atoms with van der Waals surface area (Å²) < 4.78 is 6.00. The number of fused-ring (bicyclic) bond motifs is 1. The molecule has 3 aromatic rings. The molecule has 6 nitrogen and oxygen atoms in total. The van der Waals surface area contributed by atoms with E-state index in [0.717, 1.165) is 4.68 Å². The Morgan fingerprint density at radius 2 is 1.92 bits per heavy atom. The summed E-state index contributed by atoms with van der Waals surface area (Å²) in [6, 6.07) is 13.8. The van der Waals surface area contributed by atoms with Gasteiger partial charge in [0.05, 0.1) is 29.8 Å². The fourth-order valence-electron chi connectivity index (χ4n) is 2.28. The van der Waals surface area contributed by atoms with Crippen molar-refractivity contribution in [2.75, 3.05) is 7.11 Å². The minimum atomic E-state index is -0.479. The summed E-state index contributed by atoms with van der Waals surface area (Å²) >= 11 is 5.19. The Morgan fingerprint density at radius 3 is 2.71 bits per heavy atom. The maximum Gasteiger partial charge on any atom is 0.338 e. The number of nitrogens with one attached hydrogen (secondary N) is 1. The monoisotopic (exact) mass is 339 g/mol. The molecule has 120 valence electrons. The zero-order chi connectivity index (χ0) is 17.1. The van der Waals surface area contributed by atoms with Crippen LogP contribution in [0, 0.1) is 4.77 Å². The molecular formula is C17H13N3O3S. The van der Waals surface area contributed by atoms with E-state index in [4.69, 9.17) is 17.0 Å². The Balaban J connectivity index is 2.12. The van der Waals surface area contributed by atoms with E-state index in [-0.39, 0.29) is 10.3 Å². The third-order valence-electron chi connectivity index (χ3n) is 3.46. The number of hydrogen-bond donors (Lipinski definition) is 1. The normalized spacial score (nSPS) is 11.0. The lowest BCUT2D eigenvalue weighted by Gasteiger charge is -2.04. The van der Waals surface area contributed by atoms with Crippen LogP contribution >= 0.6 is 12.2 Å². The van der Waals surface area contributed by atoms with Gasteiger partial charge in [-0.2, -0.15) is 9.78 Å². The minimum Gasteiger partial charge on any atom is -0.465 e. The maximum absolute atomic E-state index is 12.5. The number of para-hydroxylation sites is 1. The summed E-state index contributed by atoms with van der Waals surface area (Å²) in [4.78, 5) is 27.2. The first-order chi connectivity index (χ1) is 11.6. The van der Waals surface area contributed by atoms with Crippen molar-refractivity contribution < 1.29 is 9.53 Å². The first kappa shape index (κ1) is 15.8. The van der Waals surface area contributed by atoms with Gasteiger partial charge < -0.3 is 9.72 Å². The van der Waals surface area contributed by atoms with Crippen molar-refractivity contribution in [1.29, 1.82) is 0 Å². The van der Waals surface area contributed by atoms with Crippen LogP contribution in [-0.2, 0) is 4.74 Å². The van der Waals surface area contributed by atoms with E-state index in [0.29, 0.717) is 22.0 Å². The quantitative estimate of drug-likeness (QED) is 0.452. The van der Waals surface area contributed by atoms with Crippen molar-refractivity contribution in [1.82, 2.24) is 9.66 Å². The predicted molar refractivity (Wildman–Crippen MR) is 94.2 cm³/mol. The fourth-order valence-corrected chi connectivity index (χ4v) is 2.52. The van der Waals surface area contributed by atoms with E-state index in [1.54, 1.807) is 42.5 Å². The third kappa shape index (κ3) is 2.89. The van der Waals surface area contributed by atoms with E-state index in [1.165, 1.54) is 13.3 Å². The molecule has 7 heteroatoms. The lowest BCUT2D eigenvalue weighted by atomic mass is 10.1. The number of ether oxygens (including phenoxy) is 1. The average molecular weight is 339 g/mol. The highest BCUT2D eigenvalue weighted by atomic mass is 32.1. The number of benzene rings is 2. The summed E-state index contributed by atoms with van der Waals surface area (Å²) in [5, 5.41) is 4.62. The fraction of sp³-hybridized carbons (Fsp3) is 0.0588. The van der Waals surface area contributed by atoms with Gasteiger partial charge in [-0.25, -0.2) is 4.79 Å². The van der Waals surface area contributed by atoms with Crippen LogP contribution in [0.25, 0.3) is 10.9 Å². The van der Waals surface area contributed by atoms with Crippen LogP contribution in [0.1, 0.15) is 15.9 Å². The van der Waals surface area contributed by atoms with Crippen LogP contribution in [-0.4, -0.2) is 29.0 Å². The first-order valence-corrected chi connectivity index (χ1v) is 7.48. The highest BCUT2D eigenvalue weighted by Crippen LogP contribution is 2.09. The summed E-state index contributed by atoms with van der Waals surface area (Å²) in [6.07, 6.45) is 1.41. The molecule has 3 rings (SSSR count). The molecule has 0 aliphatic carbocycles. The molecule has 1 N–H and O–H groups in total. The van der Waals surface area contributed by atoms with Crippen molar-refractivity contribution >= 4 is 35.3 Å². The molecule has 0 aliphatic heterocycles. The Kier molecular flexibility index (Phi) is 4.35. The zero-order valence-corrected chi connectivity index (χ0v) is 13.5.